The summed E-state index contributed by atoms with van der Waals surface area (Å²) in [5, 5.41) is 15.0. The standard InChI is InChI=1S/C52H30OS/c1-2-10-31(11-3-1)50-39-13-4-6-15-41(39)51(42-16-7-5-14-40(42)50)37-21-20-32-26-33(18-19-34(32)27-37)35-23-25-49-46(28-35)43-24-22-36-29-45-38-12-8-9-17-47(38)53-48(45)30-44(36)52(43)54-49/h1-30H. The predicted octanol–water partition coefficient (Wildman–Crippen LogP) is 15.6. The summed E-state index contributed by atoms with van der Waals surface area (Å²) in [4.78, 5) is 0. The van der Waals surface area contributed by atoms with Crippen molar-refractivity contribution in [1.29, 1.82) is 0 Å². The lowest BCUT2D eigenvalue weighted by atomic mass is 9.85. The minimum Gasteiger partial charge on any atom is -0.456 e. The summed E-state index contributed by atoms with van der Waals surface area (Å²) >= 11 is 1.87. The van der Waals surface area contributed by atoms with E-state index < -0.39 is 0 Å². The molecule has 0 N–H and O–H groups in total. The first-order chi connectivity index (χ1) is 26.7. The lowest BCUT2D eigenvalue weighted by Gasteiger charge is -2.18. The van der Waals surface area contributed by atoms with Crippen LogP contribution in [-0.4, -0.2) is 0 Å². The van der Waals surface area contributed by atoms with Gasteiger partial charge in [-0.25, -0.2) is 0 Å². The van der Waals surface area contributed by atoms with E-state index in [9.17, 15) is 0 Å². The van der Waals surface area contributed by atoms with Crippen molar-refractivity contribution in [1.82, 2.24) is 0 Å². The van der Waals surface area contributed by atoms with E-state index in [1.165, 1.54) is 107 Å². The molecule has 0 radical (unpaired) electrons. The Balaban J connectivity index is 0.974. The lowest BCUT2D eigenvalue weighted by molar-refractivity contribution is 0.669. The number of furan rings is 1. The van der Waals surface area contributed by atoms with Gasteiger partial charge in [0.15, 0.2) is 0 Å². The van der Waals surface area contributed by atoms with Gasteiger partial charge in [-0.3, -0.25) is 0 Å². The zero-order valence-electron chi connectivity index (χ0n) is 29.1. The minimum absolute atomic E-state index is 0.936. The van der Waals surface area contributed by atoms with Crippen LogP contribution in [0.2, 0.25) is 0 Å². The predicted molar refractivity (Wildman–Crippen MR) is 233 cm³/mol. The molecule has 0 spiro atoms. The highest BCUT2D eigenvalue weighted by Crippen LogP contribution is 2.45. The molecular weight excluding hydrogens is 673 g/mol. The van der Waals surface area contributed by atoms with Crippen LogP contribution in [0.4, 0.5) is 0 Å². The topological polar surface area (TPSA) is 13.1 Å². The average molecular weight is 703 g/mol. The van der Waals surface area contributed by atoms with Gasteiger partial charge in [-0.15, -0.1) is 11.3 Å². The Labute approximate surface area is 314 Å². The quantitative estimate of drug-likeness (QED) is 0.167. The van der Waals surface area contributed by atoms with Gasteiger partial charge in [-0.1, -0.05) is 140 Å². The number of para-hydroxylation sites is 1. The van der Waals surface area contributed by atoms with Gasteiger partial charge < -0.3 is 4.42 Å². The maximum atomic E-state index is 6.29. The molecule has 2 aromatic heterocycles. The number of rotatable bonds is 3. The summed E-state index contributed by atoms with van der Waals surface area (Å²) in [7, 11) is 0. The summed E-state index contributed by atoms with van der Waals surface area (Å²) in [5.74, 6) is 0. The van der Waals surface area contributed by atoms with Crippen molar-refractivity contribution in [2.24, 2.45) is 0 Å². The van der Waals surface area contributed by atoms with E-state index in [1.54, 1.807) is 0 Å². The molecule has 0 unspecified atom stereocenters. The minimum atomic E-state index is 0.936. The van der Waals surface area contributed by atoms with Gasteiger partial charge >= 0.3 is 0 Å². The van der Waals surface area contributed by atoms with Gasteiger partial charge in [0.2, 0.25) is 0 Å². The van der Waals surface area contributed by atoms with Gasteiger partial charge in [0.25, 0.3) is 0 Å². The SMILES string of the molecule is c1ccc(-c2c3ccccc3c(-c3ccc4cc(-c5ccc6sc7c8cc9oc%10ccccc%10c9cc8ccc7c6c5)ccc4c3)c3ccccc23)cc1. The molecule has 0 fully saturated rings. The number of benzene rings is 10. The van der Waals surface area contributed by atoms with Crippen LogP contribution in [0, 0.1) is 0 Å². The van der Waals surface area contributed by atoms with E-state index in [4.69, 9.17) is 4.42 Å². The van der Waals surface area contributed by atoms with Crippen molar-refractivity contribution in [3.05, 3.63) is 182 Å². The van der Waals surface area contributed by atoms with Crippen LogP contribution >= 0.6 is 11.3 Å². The number of thiophene rings is 1. The number of fused-ring (bicyclic) bond motifs is 11. The third kappa shape index (κ3) is 4.38. The van der Waals surface area contributed by atoms with Crippen LogP contribution in [0.3, 0.4) is 0 Å². The van der Waals surface area contributed by atoms with Crippen molar-refractivity contribution in [2.45, 2.75) is 0 Å². The molecular formula is C52H30OS. The molecule has 0 aliphatic carbocycles. The molecule has 0 atom stereocenters. The molecule has 2 heterocycles. The summed E-state index contributed by atoms with van der Waals surface area (Å²) in [6.45, 7) is 0. The summed E-state index contributed by atoms with van der Waals surface area (Å²) in [6.07, 6.45) is 0. The van der Waals surface area contributed by atoms with Crippen molar-refractivity contribution in [3.8, 4) is 33.4 Å². The van der Waals surface area contributed by atoms with E-state index in [1.807, 2.05) is 17.4 Å². The second-order valence-electron chi connectivity index (χ2n) is 14.4. The van der Waals surface area contributed by atoms with Crippen LogP contribution in [0.25, 0.3) is 119 Å². The molecule has 10 aromatic carbocycles. The monoisotopic (exact) mass is 702 g/mol. The van der Waals surface area contributed by atoms with Crippen molar-refractivity contribution < 1.29 is 4.42 Å². The molecule has 0 amide bonds. The van der Waals surface area contributed by atoms with Crippen LogP contribution in [0.15, 0.2) is 186 Å². The maximum absolute atomic E-state index is 6.29. The Hall–Kier alpha value is -6.74. The first kappa shape index (κ1) is 29.8. The smallest absolute Gasteiger partial charge is 0.136 e. The maximum Gasteiger partial charge on any atom is 0.136 e. The zero-order valence-corrected chi connectivity index (χ0v) is 30.0. The Morgan fingerprint density at radius 2 is 0.870 bits per heavy atom. The largest absolute Gasteiger partial charge is 0.456 e. The summed E-state index contributed by atoms with van der Waals surface area (Å²) in [6, 6.07) is 66.8. The molecule has 12 rings (SSSR count). The van der Waals surface area contributed by atoms with Gasteiger partial charge in [-0.05, 0) is 114 Å². The van der Waals surface area contributed by atoms with E-state index in [0.29, 0.717) is 0 Å². The highest BCUT2D eigenvalue weighted by Gasteiger charge is 2.17. The third-order valence-electron chi connectivity index (χ3n) is 11.4. The molecule has 0 saturated heterocycles. The molecule has 2 heteroatoms. The van der Waals surface area contributed by atoms with Crippen LogP contribution in [-0.2, 0) is 0 Å². The van der Waals surface area contributed by atoms with Gasteiger partial charge in [0.1, 0.15) is 11.2 Å². The van der Waals surface area contributed by atoms with Crippen molar-refractivity contribution >= 4 is 96.5 Å². The molecule has 250 valence electrons. The molecule has 54 heavy (non-hydrogen) atoms. The molecule has 1 nitrogen and oxygen atoms in total. The number of hydrogen-bond donors (Lipinski definition) is 0. The first-order valence-corrected chi connectivity index (χ1v) is 19.3. The fourth-order valence-corrected chi connectivity index (χ4v) is 10.1. The third-order valence-corrected chi connectivity index (χ3v) is 12.6. The highest BCUT2D eigenvalue weighted by molar-refractivity contribution is 7.26. The normalized spacial score (nSPS) is 12.1. The van der Waals surface area contributed by atoms with Crippen LogP contribution in [0.5, 0.6) is 0 Å². The lowest BCUT2D eigenvalue weighted by Crippen LogP contribution is -1.90. The van der Waals surface area contributed by atoms with Crippen molar-refractivity contribution in [3.63, 3.8) is 0 Å². The Morgan fingerprint density at radius 1 is 0.296 bits per heavy atom. The molecule has 0 saturated carbocycles. The van der Waals surface area contributed by atoms with E-state index in [2.05, 4.69) is 176 Å². The van der Waals surface area contributed by atoms with E-state index in [0.717, 1.165) is 11.2 Å². The molecule has 0 bridgehead atoms. The Morgan fingerprint density at radius 3 is 1.61 bits per heavy atom. The fraction of sp³-hybridized carbons (Fsp3) is 0. The number of hydrogen-bond acceptors (Lipinski definition) is 2. The highest BCUT2D eigenvalue weighted by atomic mass is 32.1. The molecule has 0 aliphatic heterocycles. The Kier molecular flexibility index (Phi) is 6.28. The molecule has 0 aliphatic rings. The van der Waals surface area contributed by atoms with Gasteiger partial charge in [0, 0.05) is 36.3 Å². The first-order valence-electron chi connectivity index (χ1n) is 18.5. The second kappa shape index (κ2) is 11.4. The summed E-state index contributed by atoms with van der Waals surface area (Å²) in [5.41, 5.74) is 9.40. The van der Waals surface area contributed by atoms with E-state index >= 15 is 0 Å². The van der Waals surface area contributed by atoms with E-state index in [-0.39, 0.29) is 0 Å². The zero-order chi connectivity index (χ0) is 35.3. The van der Waals surface area contributed by atoms with Gasteiger partial charge in [-0.2, -0.15) is 0 Å². The average Bonchev–Trinajstić information content (AvgIpc) is 3.79. The van der Waals surface area contributed by atoms with Gasteiger partial charge in [0.05, 0.1) is 0 Å². The van der Waals surface area contributed by atoms with Crippen LogP contribution in [0.1, 0.15) is 0 Å². The second-order valence-corrected chi connectivity index (χ2v) is 15.5. The van der Waals surface area contributed by atoms with Crippen molar-refractivity contribution in [2.75, 3.05) is 0 Å². The summed E-state index contributed by atoms with van der Waals surface area (Å²) < 4.78 is 8.90. The fourth-order valence-electron chi connectivity index (χ4n) is 8.89. The van der Waals surface area contributed by atoms with Crippen LogP contribution < -0.4 is 0 Å². The molecule has 12 aromatic rings. The Bertz CT molecular complexity index is 3440.